The summed E-state index contributed by atoms with van der Waals surface area (Å²) in [6.07, 6.45) is 5.72. The molecule has 21 heavy (non-hydrogen) atoms. The van der Waals surface area contributed by atoms with Crippen LogP contribution in [0.25, 0.3) is 0 Å². The van der Waals surface area contributed by atoms with Gasteiger partial charge in [-0.15, -0.1) is 11.8 Å². The number of thioether (sulfide) groups is 1. The fourth-order valence-electron chi connectivity index (χ4n) is 2.29. The zero-order chi connectivity index (χ0) is 14.7. The number of hydrogen-bond acceptors (Lipinski definition) is 5. The maximum Gasteiger partial charge on any atom is 0.161 e. The summed E-state index contributed by atoms with van der Waals surface area (Å²) in [6, 6.07) is 10.0. The zero-order valence-electron chi connectivity index (χ0n) is 11.9. The molecule has 1 aromatic carbocycles. The quantitative estimate of drug-likeness (QED) is 0.857. The lowest BCUT2D eigenvalue weighted by Crippen LogP contribution is -2.17. The van der Waals surface area contributed by atoms with Crippen LogP contribution in [0.2, 0.25) is 0 Å². The van der Waals surface area contributed by atoms with Crippen LogP contribution in [-0.4, -0.2) is 19.2 Å². The van der Waals surface area contributed by atoms with Crippen LogP contribution in [0.5, 0.6) is 11.5 Å². The smallest absolute Gasteiger partial charge is 0.161 e. The van der Waals surface area contributed by atoms with Crippen molar-refractivity contribution in [3.05, 3.63) is 59.9 Å². The van der Waals surface area contributed by atoms with Gasteiger partial charge in [-0.05, 0) is 35.2 Å². The molecule has 5 heteroatoms. The van der Waals surface area contributed by atoms with E-state index in [1.807, 2.05) is 24.4 Å². The molecule has 4 nitrogen and oxygen atoms in total. The molecule has 0 spiro atoms. The molecule has 0 saturated carbocycles. The fraction of sp³-hybridized carbons (Fsp3) is 0.188. The Kier molecular flexibility index (Phi) is 4.01. The Morgan fingerprint density at radius 1 is 1.14 bits per heavy atom. The normalized spacial score (nSPS) is 17.0. The second kappa shape index (κ2) is 6.10. The van der Waals surface area contributed by atoms with Crippen molar-refractivity contribution in [2.75, 3.05) is 19.1 Å². The summed E-state index contributed by atoms with van der Waals surface area (Å²) >= 11 is 1.75. The predicted octanol–water partition coefficient (Wildman–Crippen LogP) is 3.82. The molecule has 0 radical (unpaired) electrons. The minimum atomic E-state index is 0.175. The van der Waals surface area contributed by atoms with Crippen LogP contribution in [0, 0.1) is 0 Å². The Hall–Kier alpha value is -2.14. The number of hydrogen-bond donors (Lipinski definition) is 0. The van der Waals surface area contributed by atoms with Crippen molar-refractivity contribution in [2.45, 2.75) is 5.37 Å². The van der Waals surface area contributed by atoms with E-state index in [2.05, 4.69) is 33.6 Å². The first kappa shape index (κ1) is 13.8. The first-order valence-electron chi connectivity index (χ1n) is 6.56. The van der Waals surface area contributed by atoms with Gasteiger partial charge in [-0.3, -0.25) is 4.98 Å². The molecule has 0 aliphatic carbocycles. The van der Waals surface area contributed by atoms with Crippen molar-refractivity contribution in [1.82, 2.24) is 4.98 Å². The van der Waals surface area contributed by atoms with Gasteiger partial charge in [0.2, 0.25) is 0 Å². The van der Waals surface area contributed by atoms with Gasteiger partial charge in [0.1, 0.15) is 5.37 Å². The van der Waals surface area contributed by atoms with Gasteiger partial charge in [0.25, 0.3) is 0 Å². The molecule has 1 aromatic heterocycles. The van der Waals surface area contributed by atoms with Crippen LogP contribution < -0.4 is 14.4 Å². The van der Waals surface area contributed by atoms with Gasteiger partial charge in [-0.25, -0.2) is 0 Å². The molecule has 0 bridgehead atoms. The van der Waals surface area contributed by atoms with Crippen LogP contribution in [0.4, 0.5) is 5.69 Å². The Balaban J connectivity index is 1.93. The second-order valence-corrected chi connectivity index (χ2v) is 5.50. The van der Waals surface area contributed by atoms with E-state index in [4.69, 9.17) is 9.47 Å². The van der Waals surface area contributed by atoms with Gasteiger partial charge >= 0.3 is 0 Å². The monoisotopic (exact) mass is 300 g/mol. The number of methoxy groups -OCH3 is 2. The Bertz CT molecular complexity index is 646. The summed E-state index contributed by atoms with van der Waals surface area (Å²) in [6.45, 7) is 0. The Labute approximate surface area is 128 Å². The molecular weight excluding hydrogens is 284 g/mol. The molecule has 3 rings (SSSR count). The zero-order valence-corrected chi connectivity index (χ0v) is 12.7. The lowest BCUT2D eigenvalue weighted by atomic mass is 10.1. The van der Waals surface area contributed by atoms with Gasteiger partial charge in [0.15, 0.2) is 11.5 Å². The molecule has 0 N–H and O–H groups in total. The minimum absolute atomic E-state index is 0.175. The first-order valence-corrected chi connectivity index (χ1v) is 7.50. The molecule has 2 heterocycles. The van der Waals surface area contributed by atoms with E-state index in [1.165, 1.54) is 0 Å². The SMILES string of the molecule is COc1ccc(C2SC=CN2c2cccnc2)cc1OC. The number of ether oxygens (including phenoxy) is 2. The molecule has 0 fully saturated rings. The van der Waals surface area contributed by atoms with Crippen LogP contribution in [0.3, 0.4) is 0 Å². The third-order valence-corrected chi connectivity index (χ3v) is 4.35. The van der Waals surface area contributed by atoms with Gasteiger partial charge in [-0.2, -0.15) is 0 Å². The highest BCUT2D eigenvalue weighted by Gasteiger charge is 2.24. The maximum absolute atomic E-state index is 5.39. The van der Waals surface area contributed by atoms with E-state index in [9.17, 15) is 0 Å². The van der Waals surface area contributed by atoms with Crippen molar-refractivity contribution < 1.29 is 9.47 Å². The largest absolute Gasteiger partial charge is 0.493 e. The highest BCUT2D eigenvalue weighted by Crippen LogP contribution is 2.43. The van der Waals surface area contributed by atoms with Crippen LogP contribution in [0.1, 0.15) is 10.9 Å². The summed E-state index contributed by atoms with van der Waals surface area (Å²) < 4.78 is 10.7. The van der Waals surface area contributed by atoms with Gasteiger partial charge in [0, 0.05) is 12.4 Å². The first-order chi connectivity index (χ1) is 10.3. The topological polar surface area (TPSA) is 34.6 Å². The summed E-state index contributed by atoms with van der Waals surface area (Å²) in [7, 11) is 3.30. The molecule has 1 unspecified atom stereocenters. The molecule has 0 saturated heterocycles. The van der Waals surface area contributed by atoms with Gasteiger partial charge in [0.05, 0.1) is 26.1 Å². The average Bonchev–Trinajstić information content (AvgIpc) is 3.04. The third kappa shape index (κ3) is 2.69. The summed E-state index contributed by atoms with van der Waals surface area (Å²) in [5.74, 6) is 1.48. The van der Waals surface area contributed by atoms with E-state index < -0.39 is 0 Å². The van der Waals surface area contributed by atoms with Crippen molar-refractivity contribution in [2.24, 2.45) is 0 Å². The molecule has 0 amide bonds. The number of anilines is 1. The highest BCUT2D eigenvalue weighted by atomic mass is 32.2. The summed E-state index contributed by atoms with van der Waals surface area (Å²) in [5, 5.41) is 2.27. The number of aromatic nitrogens is 1. The third-order valence-electron chi connectivity index (χ3n) is 3.32. The number of benzene rings is 1. The summed E-state index contributed by atoms with van der Waals surface area (Å²) in [5.41, 5.74) is 2.23. The number of rotatable bonds is 4. The highest BCUT2D eigenvalue weighted by molar-refractivity contribution is 8.02. The average molecular weight is 300 g/mol. The van der Waals surface area contributed by atoms with Crippen molar-refractivity contribution in [3.8, 4) is 11.5 Å². The molecule has 1 aliphatic heterocycles. The maximum atomic E-state index is 5.39. The minimum Gasteiger partial charge on any atom is -0.493 e. The van der Waals surface area contributed by atoms with Gasteiger partial charge < -0.3 is 14.4 Å². The Morgan fingerprint density at radius 2 is 2.00 bits per heavy atom. The lowest BCUT2D eigenvalue weighted by Gasteiger charge is -2.25. The predicted molar refractivity (Wildman–Crippen MR) is 85.7 cm³/mol. The van der Waals surface area contributed by atoms with Crippen LogP contribution in [0.15, 0.2) is 54.3 Å². The van der Waals surface area contributed by atoms with Crippen molar-refractivity contribution in [1.29, 1.82) is 0 Å². The number of nitrogens with zero attached hydrogens (tertiary/aromatic N) is 2. The standard InChI is InChI=1S/C16H16N2O2S/c1-19-14-6-5-12(10-15(14)20-2)16-18(8-9-21-16)13-4-3-7-17-11-13/h3-11,16H,1-2H3. The van der Waals surface area contributed by atoms with Gasteiger partial charge in [-0.1, -0.05) is 6.07 Å². The molecule has 1 atom stereocenters. The van der Waals surface area contributed by atoms with E-state index in [0.717, 1.165) is 22.7 Å². The van der Waals surface area contributed by atoms with Crippen LogP contribution in [-0.2, 0) is 0 Å². The second-order valence-electron chi connectivity index (χ2n) is 4.51. The fourth-order valence-corrected chi connectivity index (χ4v) is 3.27. The molecule has 108 valence electrons. The molecular formula is C16H16N2O2S. The van der Waals surface area contributed by atoms with Crippen molar-refractivity contribution >= 4 is 17.4 Å². The van der Waals surface area contributed by atoms with E-state index >= 15 is 0 Å². The summed E-state index contributed by atoms with van der Waals surface area (Å²) in [4.78, 5) is 6.38. The Morgan fingerprint density at radius 3 is 2.71 bits per heavy atom. The van der Waals surface area contributed by atoms with Crippen molar-refractivity contribution in [3.63, 3.8) is 0 Å². The van der Waals surface area contributed by atoms with E-state index in [-0.39, 0.29) is 5.37 Å². The molecule has 2 aromatic rings. The van der Waals surface area contributed by atoms with E-state index in [0.29, 0.717) is 0 Å². The molecule has 1 aliphatic rings. The van der Waals surface area contributed by atoms with Crippen LogP contribution >= 0.6 is 11.8 Å². The number of pyridine rings is 1. The lowest BCUT2D eigenvalue weighted by molar-refractivity contribution is 0.354. The van der Waals surface area contributed by atoms with E-state index in [1.54, 1.807) is 32.2 Å².